The van der Waals surface area contributed by atoms with Gasteiger partial charge in [0.05, 0.1) is 5.52 Å². The Hall–Kier alpha value is -2.97. The zero-order valence-electron chi connectivity index (χ0n) is 13.1. The van der Waals surface area contributed by atoms with Crippen molar-refractivity contribution in [2.45, 2.75) is 31.7 Å². The summed E-state index contributed by atoms with van der Waals surface area (Å²) in [6.45, 7) is 0.724. The normalized spacial score (nSPS) is 18.0. The highest BCUT2D eigenvalue weighted by Gasteiger charge is 2.28. The van der Waals surface area contributed by atoms with Crippen molar-refractivity contribution in [3.05, 3.63) is 36.3 Å². The first-order valence-corrected chi connectivity index (χ1v) is 8.04. The SMILES string of the molecule is O=C(Nc1cc2ccccn2n1)N1CCCCC1Cc1nn[nH]n1. The van der Waals surface area contributed by atoms with Crippen molar-refractivity contribution < 1.29 is 4.79 Å². The fourth-order valence-corrected chi connectivity index (χ4v) is 3.14. The monoisotopic (exact) mass is 326 g/mol. The Morgan fingerprint density at radius 3 is 3.17 bits per heavy atom. The molecule has 124 valence electrons. The number of hydrogen-bond donors (Lipinski definition) is 2. The second kappa shape index (κ2) is 6.26. The van der Waals surface area contributed by atoms with E-state index in [2.05, 4.69) is 31.0 Å². The van der Waals surface area contributed by atoms with E-state index in [0.29, 0.717) is 18.1 Å². The lowest BCUT2D eigenvalue weighted by Gasteiger charge is -2.34. The van der Waals surface area contributed by atoms with E-state index in [0.717, 1.165) is 31.3 Å². The van der Waals surface area contributed by atoms with Crippen molar-refractivity contribution in [3.8, 4) is 0 Å². The van der Waals surface area contributed by atoms with Crippen LogP contribution in [0.25, 0.3) is 5.52 Å². The molecule has 9 heteroatoms. The fraction of sp³-hybridized carbons (Fsp3) is 0.400. The maximum atomic E-state index is 12.7. The minimum absolute atomic E-state index is 0.0772. The summed E-state index contributed by atoms with van der Waals surface area (Å²) in [5.74, 6) is 1.18. The molecule has 0 aromatic carbocycles. The molecule has 4 rings (SSSR count). The van der Waals surface area contributed by atoms with Gasteiger partial charge in [-0.1, -0.05) is 11.3 Å². The van der Waals surface area contributed by atoms with Gasteiger partial charge in [0.15, 0.2) is 11.6 Å². The Morgan fingerprint density at radius 1 is 1.38 bits per heavy atom. The Kier molecular flexibility index (Phi) is 3.81. The van der Waals surface area contributed by atoms with Crippen molar-refractivity contribution in [2.24, 2.45) is 0 Å². The molecular formula is C15H18N8O. The molecule has 1 fully saturated rings. The molecule has 1 unspecified atom stereocenters. The summed E-state index contributed by atoms with van der Waals surface area (Å²) in [4.78, 5) is 14.5. The molecule has 4 heterocycles. The summed E-state index contributed by atoms with van der Waals surface area (Å²) in [5, 5.41) is 21.3. The number of urea groups is 1. The number of fused-ring (bicyclic) bond motifs is 1. The van der Waals surface area contributed by atoms with Gasteiger partial charge in [-0.3, -0.25) is 5.32 Å². The van der Waals surface area contributed by atoms with E-state index < -0.39 is 0 Å². The Morgan fingerprint density at radius 2 is 2.33 bits per heavy atom. The van der Waals surface area contributed by atoms with Gasteiger partial charge < -0.3 is 4.90 Å². The van der Waals surface area contributed by atoms with E-state index in [1.54, 1.807) is 4.52 Å². The first-order valence-electron chi connectivity index (χ1n) is 8.04. The first-order chi connectivity index (χ1) is 11.8. The highest BCUT2D eigenvalue weighted by atomic mass is 16.2. The van der Waals surface area contributed by atoms with Crippen molar-refractivity contribution in [1.29, 1.82) is 0 Å². The topological polar surface area (TPSA) is 104 Å². The van der Waals surface area contributed by atoms with Crippen molar-refractivity contribution in [3.63, 3.8) is 0 Å². The highest BCUT2D eigenvalue weighted by molar-refractivity contribution is 5.89. The smallest absolute Gasteiger partial charge is 0.321 e. The van der Waals surface area contributed by atoms with E-state index in [1.807, 2.05) is 35.4 Å². The lowest BCUT2D eigenvalue weighted by molar-refractivity contribution is 0.161. The summed E-state index contributed by atoms with van der Waals surface area (Å²) < 4.78 is 1.74. The second-order valence-electron chi connectivity index (χ2n) is 5.90. The van der Waals surface area contributed by atoms with E-state index in [1.165, 1.54) is 0 Å². The molecule has 0 aliphatic carbocycles. The van der Waals surface area contributed by atoms with E-state index in [4.69, 9.17) is 0 Å². The van der Waals surface area contributed by atoms with Crippen LogP contribution in [0, 0.1) is 0 Å². The minimum Gasteiger partial charge on any atom is -0.321 e. The first kappa shape index (κ1) is 14.6. The number of nitrogens with zero attached hydrogens (tertiary/aromatic N) is 6. The number of carbonyl (C=O) groups is 1. The largest absolute Gasteiger partial charge is 0.323 e. The molecule has 3 aromatic rings. The fourth-order valence-electron chi connectivity index (χ4n) is 3.14. The van der Waals surface area contributed by atoms with Crippen LogP contribution < -0.4 is 5.32 Å². The molecule has 1 aliphatic heterocycles. The average molecular weight is 326 g/mol. The van der Waals surface area contributed by atoms with E-state index in [9.17, 15) is 4.79 Å². The zero-order valence-corrected chi connectivity index (χ0v) is 13.1. The predicted molar refractivity (Wildman–Crippen MR) is 86.4 cm³/mol. The number of carbonyl (C=O) groups excluding carboxylic acids is 1. The van der Waals surface area contributed by atoms with Crippen LogP contribution in [0.3, 0.4) is 0 Å². The predicted octanol–water partition coefficient (Wildman–Crippen LogP) is 1.48. The minimum atomic E-state index is -0.133. The van der Waals surface area contributed by atoms with Gasteiger partial charge >= 0.3 is 6.03 Å². The van der Waals surface area contributed by atoms with Crippen LogP contribution in [0.2, 0.25) is 0 Å². The van der Waals surface area contributed by atoms with Crippen LogP contribution in [0.4, 0.5) is 10.6 Å². The van der Waals surface area contributed by atoms with Crippen molar-refractivity contribution >= 4 is 17.4 Å². The quantitative estimate of drug-likeness (QED) is 0.758. The summed E-state index contributed by atoms with van der Waals surface area (Å²) in [6.07, 6.45) is 5.50. The lowest BCUT2D eigenvalue weighted by Crippen LogP contribution is -2.47. The van der Waals surface area contributed by atoms with Crippen LogP contribution in [-0.4, -0.2) is 53.8 Å². The van der Waals surface area contributed by atoms with Gasteiger partial charge in [-0.25, -0.2) is 9.31 Å². The molecule has 0 bridgehead atoms. The summed E-state index contributed by atoms with van der Waals surface area (Å²) >= 11 is 0. The summed E-state index contributed by atoms with van der Waals surface area (Å²) in [6, 6.07) is 7.59. The van der Waals surface area contributed by atoms with Crippen LogP contribution >= 0.6 is 0 Å². The summed E-state index contributed by atoms with van der Waals surface area (Å²) in [5.41, 5.74) is 0.940. The van der Waals surface area contributed by atoms with Crippen LogP contribution in [-0.2, 0) is 6.42 Å². The van der Waals surface area contributed by atoms with Gasteiger partial charge in [0, 0.05) is 31.3 Å². The van der Waals surface area contributed by atoms with Gasteiger partial charge in [-0.05, 0) is 31.4 Å². The number of rotatable bonds is 3. The molecule has 1 aliphatic rings. The third-order valence-corrected chi connectivity index (χ3v) is 4.30. The lowest BCUT2D eigenvalue weighted by atomic mass is 9.99. The number of anilines is 1. The zero-order chi connectivity index (χ0) is 16.4. The molecule has 24 heavy (non-hydrogen) atoms. The van der Waals surface area contributed by atoms with Gasteiger partial charge in [-0.15, -0.1) is 15.3 Å². The number of tetrazole rings is 1. The molecule has 0 radical (unpaired) electrons. The number of aromatic nitrogens is 6. The van der Waals surface area contributed by atoms with Crippen molar-refractivity contribution in [2.75, 3.05) is 11.9 Å². The molecule has 0 saturated carbocycles. The molecule has 2 amide bonds. The number of pyridine rings is 1. The number of H-pyrrole nitrogens is 1. The molecule has 0 spiro atoms. The van der Waals surface area contributed by atoms with E-state index in [-0.39, 0.29) is 12.1 Å². The average Bonchev–Trinajstić information content (AvgIpc) is 3.24. The third kappa shape index (κ3) is 2.92. The number of likely N-dealkylation sites (tertiary alicyclic amines) is 1. The summed E-state index contributed by atoms with van der Waals surface area (Å²) in [7, 11) is 0. The standard InChI is InChI=1S/C15H18N8O/c24-15(16-13-10-12-6-2-4-8-23(12)19-13)22-7-3-1-5-11(22)9-14-17-20-21-18-14/h2,4,6,8,10-11H,1,3,5,7,9H2,(H,16,19,24)(H,17,18,20,21). The van der Waals surface area contributed by atoms with Crippen LogP contribution in [0.1, 0.15) is 25.1 Å². The second-order valence-corrected chi connectivity index (χ2v) is 5.90. The van der Waals surface area contributed by atoms with Gasteiger partial charge in [-0.2, -0.15) is 5.21 Å². The molecule has 2 N–H and O–H groups in total. The number of nitrogens with one attached hydrogen (secondary N) is 2. The molecule has 3 aromatic heterocycles. The Balaban J connectivity index is 1.48. The number of amides is 2. The number of piperidine rings is 1. The molecular weight excluding hydrogens is 308 g/mol. The van der Waals surface area contributed by atoms with E-state index >= 15 is 0 Å². The van der Waals surface area contributed by atoms with Crippen molar-refractivity contribution in [1.82, 2.24) is 35.1 Å². The number of aromatic amines is 1. The van der Waals surface area contributed by atoms with Gasteiger partial charge in [0.1, 0.15) is 0 Å². The van der Waals surface area contributed by atoms with Gasteiger partial charge in [0.2, 0.25) is 0 Å². The Labute approximate surface area is 138 Å². The maximum Gasteiger partial charge on any atom is 0.323 e. The molecule has 9 nitrogen and oxygen atoms in total. The van der Waals surface area contributed by atoms with Crippen LogP contribution in [0.5, 0.6) is 0 Å². The van der Waals surface area contributed by atoms with Crippen LogP contribution in [0.15, 0.2) is 30.5 Å². The molecule has 1 saturated heterocycles. The Bertz CT molecular complexity index is 794. The van der Waals surface area contributed by atoms with Gasteiger partial charge in [0.25, 0.3) is 0 Å². The third-order valence-electron chi connectivity index (χ3n) is 4.30. The maximum absolute atomic E-state index is 12.7. The number of hydrogen-bond acceptors (Lipinski definition) is 5. The highest BCUT2D eigenvalue weighted by Crippen LogP contribution is 2.21. The molecule has 1 atom stereocenters.